The SMILES string of the molecule is C[C@H](NC(=O)c1ccc(C(F)(F)F)c(F)c1)C(=O)O. The number of carbonyl (C=O) groups excluding carboxylic acids is 1. The predicted octanol–water partition coefficient (Wildman–Crippen LogP) is 2.05. The Kier molecular flexibility index (Phi) is 4.13. The molecule has 0 spiro atoms. The van der Waals surface area contributed by atoms with Crippen LogP contribution >= 0.6 is 0 Å². The summed E-state index contributed by atoms with van der Waals surface area (Å²) in [6.45, 7) is 1.17. The van der Waals surface area contributed by atoms with Gasteiger partial charge in [-0.3, -0.25) is 9.59 Å². The van der Waals surface area contributed by atoms with Crippen LogP contribution in [0.25, 0.3) is 0 Å². The van der Waals surface area contributed by atoms with Crippen molar-refractivity contribution in [3.63, 3.8) is 0 Å². The molecule has 104 valence electrons. The lowest BCUT2D eigenvalue weighted by molar-refractivity contribution is -0.140. The molecule has 0 aromatic heterocycles. The quantitative estimate of drug-likeness (QED) is 0.832. The molecule has 19 heavy (non-hydrogen) atoms. The molecule has 4 nitrogen and oxygen atoms in total. The molecule has 0 saturated carbocycles. The number of alkyl halides is 3. The Morgan fingerprint density at radius 1 is 1.32 bits per heavy atom. The molecule has 0 aliphatic heterocycles. The van der Waals surface area contributed by atoms with E-state index in [4.69, 9.17) is 5.11 Å². The molecule has 8 heteroatoms. The van der Waals surface area contributed by atoms with Crippen molar-refractivity contribution in [2.45, 2.75) is 19.1 Å². The number of carboxylic acids is 1. The second kappa shape index (κ2) is 5.25. The molecule has 1 amide bonds. The normalized spacial score (nSPS) is 12.9. The van der Waals surface area contributed by atoms with Crippen molar-refractivity contribution in [1.29, 1.82) is 0 Å². The molecule has 0 bridgehead atoms. The van der Waals surface area contributed by atoms with Crippen molar-refractivity contribution in [3.05, 3.63) is 35.1 Å². The number of halogens is 4. The van der Waals surface area contributed by atoms with E-state index < -0.39 is 41.0 Å². The van der Waals surface area contributed by atoms with Crippen molar-refractivity contribution in [3.8, 4) is 0 Å². The molecular weight excluding hydrogens is 270 g/mol. The van der Waals surface area contributed by atoms with Gasteiger partial charge in [-0.1, -0.05) is 0 Å². The minimum Gasteiger partial charge on any atom is -0.480 e. The summed E-state index contributed by atoms with van der Waals surface area (Å²) in [7, 11) is 0. The Bertz CT molecular complexity index is 513. The maximum Gasteiger partial charge on any atom is 0.419 e. The summed E-state index contributed by atoms with van der Waals surface area (Å²) in [5.41, 5.74) is -1.88. The number of carbonyl (C=O) groups is 2. The molecule has 1 atom stereocenters. The van der Waals surface area contributed by atoms with Crippen molar-refractivity contribution in [2.24, 2.45) is 0 Å². The minimum atomic E-state index is -4.85. The van der Waals surface area contributed by atoms with Gasteiger partial charge in [-0.15, -0.1) is 0 Å². The van der Waals surface area contributed by atoms with E-state index in [-0.39, 0.29) is 0 Å². The van der Waals surface area contributed by atoms with Gasteiger partial charge in [-0.25, -0.2) is 4.39 Å². The molecule has 2 N–H and O–H groups in total. The molecule has 0 aliphatic carbocycles. The van der Waals surface area contributed by atoms with E-state index in [1.807, 2.05) is 5.32 Å². The topological polar surface area (TPSA) is 66.4 Å². The molecule has 1 aromatic rings. The first-order chi connectivity index (χ1) is 8.62. The highest BCUT2D eigenvalue weighted by molar-refractivity contribution is 5.96. The zero-order chi connectivity index (χ0) is 14.8. The van der Waals surface area contributed by atoms with Gasteiger partial charge in [0, 0.05) is 5.56 Å². The summed E-state index contributed by atoms with van der Waals surface area (Å²) in [6, 6.07) is 0.371. The Hall–Kier alpha value is -2.12. The van der Waals surface area contributed by atoms with Gasteiger partial charge in [0.1, 0.15) is 11.9 Å². The van der Waals surface area contributed by atoms with E-state index in [1.54, 1.807) is 0 Å². The van der Waals surface area contributed by atoms with E-state index in [0.717, 1.165) is 6.07 Å². The third-order valence-electron chi connectivity index (χ3n) is 2.25. The molecule has 1 rings (SSSR count). The fraction of sp³-hybridized carbons (Fsp3) is 0.273. The van der Waals surface area contributed by atoms with Crippen LogP contribution in [-0.2, 0) is 11.0 Å². The highest BCUT2D eigenvalue weighted by Crippen LogP contribution is 2.31. The third-order valence-corrected chi connectivity index (χ3v) is 2.25. The lowest BCUT2D eigenvalue weighted by Crippen LogP contribution is -2.38. The van der Waals surface area contributed by atoms with E-state index in [9.17, 15) is 27.2 Å². The van der Waals surface area contributed by atoms with Crippen molar-refractivity contribution < 1.29 is 32.3 Å². The average molecular weight is 279 g/mol. The monoisotopic (exact) mass is 279 g/mol. The number of carboxylic acid groups (broad SMARTS) is 1. The first-order valence-corrected chi connectivity index (χ1v) is 5.03. The zero-order valence-electron chi connectivity index (χ0n) is 9.58. The van der Waals surface area contributed by atoms with Crippen molar-refractivity contribution in [1.82, 2.24) is 5.32 Å². The molecule has 0 unspecified atom stereocenters. The fourth-order valence-corrected chi connectivity index (χ4v) is 1.23. The molecule has 0 aliphatic rings. The second-order valence-corrected chi connectivity index (χ2v) is 3.73. The van der Waals surface area contributed by atoms with Gasteiger partial charge in [-0.2, -0.15) is 13.2 Å². The fourth-order valence-electron chi connectivity index (χ4n) is 1.23. The van der Waals surface area contributed by atoms with Crippen LogP contribution in [0.1, 0.15) is 22.8 Å². The van der Waals surface area contributed by atoms with Gasteiger partial charge >= 0.3 is 12.1 Å². The zero-order valence-corrected chi connectivity index (χ0v) is 9.58. The number of hydrogen-bond acceptors (Lipinski definition) is 2. The van der Waals surface area contributed by atoms with E-state index in [2.05, 4.69) is 0 Å². The van der Waals surface area contributed by atoms with Gasteiger partial charge in [0.15, 0.2) is 0 Å². The summed E-state index contributed by atoms with van der Waals surface area (Å²) in [4.78, 5) is 21.9. The summed E-state index contributed by atoms with van der Waals surface area (Å²) in [5.74, 6) is -3.88. The predicted molar refractivity (Wildman–Crippen MR) is 56.0 cm³/mol. The molecule has 0 radical (unpaired) electrons. The van der Waals surface area contributed by atoms with Crippen molar-refractivity contribution in [2.75, 3.05) is 0 Å². The van der Waals surface area contributed by atoms with Crippen LogP contribution in [0.5, 0.6) is 0 Å². The van der Waals surface area contributed by atoms with Crippen LogP contribution < -0.4 is 5.32 Å². The van der Waals surface area contributed by atoms with Gasteiger partial charge in [0.2, 0.25) is 0 Å². The maximum absolute atomic E-state index is 13.2. The Labute approximate surface area is 105 Å². The van der Waals surface area contributed by atoms with Crippen LogP contribution in [0.15, 0.2) is 18.2 Å². The van der Waals surface area contributed by atoms with E-state index >= 15 is 0 Å². The van der Waals surface area contributed by atoms with Crippen LogP contribution in [0, 0.1) is 5.82 Å². The number of nitrogens with one attached hydrogen (secondary N) is 1. The first-order valence-electron chi connectivity index (χ1n) is 5.03. The summed E-state index contributed by atoms with van der Waals surface area (Å²) < 4.78 is 50.0. The Morgan fingerprint density at radius 3 is 2.32 bits per heavy atom. The maximum atomic E-state index is 13.2. The van der Waals surface area contributed by atoms with Gasteiger partial charge in [0.05, 0.1) is 5.56 Å². The number of aliphatic carboxylic acids is 1. The van der Waals surface area contributed by atoms with Gasteiger partial charge in [0.25, 0.3) is 5.91 Å². The highest BCUT2D eigenvalue weighted by Gasteiger charge is 2.34. The lowest BCUT2D eigenvalue weighted by Gasteiger charge is -2.11. The molecular formula is C11H9F4NO3. The number of benzene rings is 1. The summed E-state index contributed by atoms with van der Waals surface area (Å²) in [5, 5.41) is 10.5. The Morgan fingerprint density at radius 2 is 1.89 bits per heavy atom. The summed E-state index contributed by atoms with van der Waals surface area (Å²) in [6.07, 6.45) is -4.85. The highest BCUT2D eigenvalue weighted by atomic mass is 19.4. The third kappa shape index (κ3) is 3.67. The van der Waals surface area contributed by atoms with Crippen LogP contribution in [0.4, 0.5) is 17.6 Å². The van der Waals surface area contributed by atoms with Crippen LogP contribution in [-0.4, -0.2) is 23.0 Å². The standard InChI is InChI=1S/C11H9F4NO3/c1-5(10(18)19)16-9(17)6-2-3-7(8(12)4-6)11(13,14)15/h2-5H,1H3,(H,16,17)(H,18,19)/t5-/m0/s1. The van der Waals surface area contributed by atoms with Crippen molar-refractivity contribution >= 4 is 11.9 Å². The number of hydrogen-bond donors (Lipinski definition) is 2. The number of amides is 1. The van der Waals surface area contributed by atoms with Gasteiger partial charge < -0.3 is 10.4 Å². The van der Waals surface area contributed by atoms with Crippen LogP contribution in [0.2, 0.25) is 0 Å². The average Bonchev–Trinajstić information content (AvgIpc) is 2.26. The molecule has 0 saturated heterocycles. The summed E-state index contributed by atoms with van der Waals surface area (Å²) >= 11 is 0. The molecule has 1 aromatic carbocycles. The number of rotatable bonds is 3. The second-order valence-electron chi connectivity index (χ2n) is 3.73. The van der Waals surface area contributed by atoms with Crippen LogP contribution in [0.3, 0.4) is 0 Å². The largest absolute Gasteiger partial charge is 0.480 e. The van der Waals surface area contributed by atoms with E-state index in [1.165, 1.54) is 6.92 Å². The first kappa shape index (κ1) is 14.9. The molecule has 0 fully saturated rings. The minimum absolute atomic E-state index is 0.390. The smallest absolute Gasteiger partial charge is 0.419 e. The molecule has 0 heterocycles. The van der Waals surface area contributed by atoms with Gasteiger partial charge in [-0.05, 0) is 25.1 Å². The van der Waals surface area contributed by atoms with E-state index in [0.29, 0.717) is 12.1 Å². The lowest BCUT2D eigenvalue weighted by atomic mass is 10.1. The Balaban J connectivity index is 2.96.